The summed E-state index contributed by atoms with van der Waals surface area (Å²) < 4.78 is 130. The van der Waals surface area contributed by atoms with Crippen LogP contribution in [0.5, 0.6) is 0 Å². The molecular formula is C49H108O27. The molecule has 0 radical (unpaired) electrons. The molecule has 0 heterocycles. The van der Waals surface area contributed by atoms with Crippen LogP contribution in [-0.4, -0.2) is 335 Å². The fraction of sp³-hybridized carbons (Fsp3) is 1.00. The number of hydrogen-bond acceptors (Lipinski definition) is 24. The van der Waals surface area contributed by atoms with E-state index in [1.165, 1.54) is 0 Å². The van der Waals surface area contributed by atoms with E-state index in [4.69, 9.17) is 114 Å². The van der Waals surface area contributed by atoms with E-state index in [-0.39, 0.29) is 23.9 Å². The lowest BCUT2D eigenvalue weighted by Crippen LogP contribution is -2.16. The van der Waals surface area contributed by atoms with Crippen LogP contribution < -0.4 is 0 Å². The Morgan fingerprint density at radius 3 is 0.224 bits per heavy atom. The number of ether oxygens (including phenoxy) is 24. The lowest BCUT2D eigenvalue weighted by atomic mass is 10.6. The maximum atomic E-state index is 5.52. The van der Waals surface area contributed by atoms with Crippen LogP contribution in [0, 0.1) is 0 Å². The molecule has 27 nitrogen and oxygen atoms in total. The third-order valence-electron chi connectivity index (χ3n) is 8.68. The minimum absolute atomic E-state index is 0. The summed E-state index contributed by atoms with van der Waals surface area (Å²) in [4.78, 5) is 0. The molecule has 0 aromatic heterocycles. The molecule has 0 rings (SSSR count). The highest BCUT2D eigenvalue weighted by molar-refractivity contribution is 4.42. The largest absolute Gasteiger partial charge is 0.412 e. The normalized spacial score (nSPS) is 11.1. The van der Waals surface area contributed by atoms with E-state index in [0.29, 0.717) is 304 Å². The first-order chi connectivity index (χ1) is 35.9. The van der Waals surface area contributed by atoms with Crippen LogP contribution in [0.4, 0.5) is 0 Å². The third kappa shape index (κ3) is 81.8. The van der Waals surface area contributed by atoms with Crippen LogP contribution >= 0.6 is 0 Å². The maximum Gasteiger partial charge on any atom is 0.0701 e. The van der Waals surface area contributed by atoms with Gasteiger partial charge in [-0.25, -0.2) is 0 Å². The van der Waals surface area contributed by atoms with Gasteiger partial charge < -0.3 is 130 Å². The minimum atomic E-state index is 0. The molecule has 0 fully saturated rings. The molecule has 6 N–H and O–H groups in total. The fourth-order valence-corrected chi connectivity index (χ4v) is 5.00. The SMILES string of the molecule is C.COCCOCCOCCOCCOCCOCCOCCOCCOCCOCCOCCOCCOCCOCCOCCOCCOCCOCCOCCOCCOCCOCCOCCOC.O.O.O. The summed E-state index contributed by atoms with van der Waals surface area (Å²) in [5.74, 6) is 0. The zero-order chi connectivity index (χ0) is 51.5. The average molecular weight is 1130 g/mol. The Labute approximate surface area is 454 Å². The Kier molecular flexibility index (Phi) is 91.2. The Balaban J connectivity index is -0.00000420. The highest BCUT2D eigenvalue weighted by Gasteiger charge is 2.00. The van der Waals surface area contributed by atoms with E-state index >= 15 is 0 Å². The summed E-state index contributed by atoms with van der Waals surface area (Å²) in [6.45, 7) is 23.5. The van der Waals surface area contributed by atoms with Gasteiger partial charge >= 0.3 is 0 Å². The molecule has 0 unspecified atom stereocenters. The first kappa shape index (κ1) is 83.7. The molecule has 466 valence electrons. The Hall–Kier alpha value is -1.08. The third-order valence-corrected chi connectivity index (χ3v) is 8.68. The van der Waals surface area contributed by atoms with Crippen LogP contribution in [0.1, 0.15) is 7.43 Å². The van der Waals surface area contributed by atoms with E-state index < -0.39 is 0 Å². The van der Waals surface area contributed by atoms with Crippen LogP contribution in [0.3, 0.4) is 0 Å². The van der Waals surface area contributed by atoms with Gasteiger partial charge in [0.05, 0.1) is 304 Å². The van der Waals surface area contributed by atoms with Crippen molar-refractivity contribution in [2.75, 3.05) is 318 Å². The molecule has 76 heavy (non-hydrogen) atoms. The summed E-state index contributed by atoms with van der Waals surface area (Å²) in [5.41, 5.74) is 0. The second kappa shape index (κ2) is 82.7. The molecule has 0 saturated heterocycles. The molecule has 0 aliphatic rings. The van der Waals surface area contributed by atoms with Gasteiger partial charge in [0.1, 0.15) is 0 Å². The first-order valence-electron chi connectivity index (χ1n) is 25.6. The highest BCUT2D eigenvalue weighted by Crippen LogP contribution is 1.91. The van der Waals surface area contributed by atoms with Crippen molar-refractivity contribution in [3.8, 4) is 0 Å². The van der Waals surface area contributed by atoms with Crippen molar-refractivity contribution < 1.29 is 130 Å². The van der Waals surface area contributed by atoms with Crippen molar-refractivity contribution >= 4 is 0 Å². The average Bonchev–Trinajstić information content (AvgIpc) is 3.39. The van der Waals surface area contributed by atoms with Gasteiger partial charge in [-0.15, -0.1) is 0 Å². The van der Waals surface area contributed by atoms with Gasteiger partial charge in [-0.05, 0) is 0 Å². The second-order valence-electron chi connectivity index (χ2n) is 14.5. The van der Waals surface area contributed by atoms with Crippen molar-refractivity contribution in [1.82, 2.24) is 0 Å². The molecule has 0 aromatic carbocycles. The van der Waals surface area contributed by atoms with Crippen molar-refractivity contribution in [2.45, 2.75) is 7.43 Å². The minimum Gasteiger partial charge on any atom is -0.412 e. The lowest BCUT2D eigenvalue weighted by Gasteiger charge is -2.09. The van der Waals surface area contributed by atoms with Crippen molar-refractivity contribution in [3.05, 3.63) is 0 Å². The van der Waals surface area contributed by atoms with Gasteiger partial charge in [0.2, 0.25) is 0 Å². The molecule has 0 aliphatic carbocycles. The van der Waals surface area contributed by atoms with Crippen molar-refractivity contribution in [2.24, 2.45) is 0 Å². The van der Waals surface area contributed by atoms with E-state index in [9.17, 15) is 0 Å². The van der Waals surface area contributed by atoms with Gasteiger partial charge in [-0.1, -0.05) is 7.43 Å². The second-order valence-corrected chi connectivity index (χ2v) is 14.5. The van der Waals surface area contributed by atoms with Crippen LogP contribution in [-0.2, 0) is 114 Å². The summed E-state index contributed by atoms with van der Waals surface area (Å²) in [6.07, 6.45) is 0. The number of rotatable bonds is 69. The lowest BCUT2D eigenvalue weighted by molar-refractivity contribution is -0.0319. The van der Waals surface area contributed by atoms with Gasteiger partial charge in [0, 0.05) is 14.2 Å². The summed E-state index contributed by atoms with van der Waals surface area (Å²) in [6, 6.07) is 0. The molecule has 0 saturated carbocycles. The molecule has 0 amide bonds. The zero-order valence-corrected chi connectivity index (χ0v) is 45.8. The van der Waals surface area contributed by atoms with Gasteiger partial charge in [0.25, 0.3) is 0 Å². The predicted molar refractivity (Wildman–Crippen MR) is 279 cm³/mol. The monoisotopic (exact) mass is 1130 g/mol. The van der Waals surface area contributed by atoms with Gasteiger partial charge in [-0.2, -0.15) is 0 Å². The number of hydrogen-bond donors (Lipinski definition) is 0. The molecular weight excluding hydrogens is 1020 g/mol. The van der Waals surface area contributed by atoms with E-state index in [1.807, 2.05) is 0 Å². The van der Waals surface area contributed by atoms with E-state index in [2.05, 4.69) is 0 Å². The summed E-state index contributed by atoms with van der Waals surface area (Å²) in [7, 11) is 3.29. The smallest absolute Gasteiger partial charge is 0.0701 e. The predicted octanol–water partition coefficient (Wildman–Crippen LogP) is -1.19. The number of methoxy groups -OCH3 is 2. The Morgan fingerprint density at radius 1 is 0.118 bits per heavy atom. The quantitative estimate of drug-likeness (QED) is 0.0646. The fourth-order valence-electron chi connectivity index (χ4n) is 5.00. The Morgan fingerprint density at radius 2 is 0.171 bits per heavy atom. The Bertz CT molecular complexity index is 859. The highest BCUT2D eigenvalue weighted by atomic mass is 16.6. The van der Waals surface area contributed by atoms with Crippen LogP contribution in [0.15, 0.2) is 0 Å². The topological polar surface area (TPSA) is 316 Å². The summed E-state index contributed by atoms with van der Waals surface area (Å²) in [5, 5.41) is 0. The zero-order valence-electron chi connectivity index (χ0n) is 45.8. The van der Waals surface area contributed by atoms with Gasteiger partial charge in [-0.3, -0.25) is 0 Å². The molecule has 0 aliphatic heterocycles. The molecule has 0 spiro atoms. The molecule has 0 bridgehead atoms. The standard InChI is InChI=1S/C48H98O24.CH4.3H2O/c1-49-3-5-51-7-9-53-11-13-55-15-17-57-19-21-59-23-25-61-27-29-63-31-33-65-35-37-67-39-41-69-43-45-71-47-48-72-46-44-70-42-40-68-38-36-66-34-32-64-30-28-62-26-24-60-22-20-58-18-16-56-14-12-54-10-8-52-6-4-50-2;;;;/h3-48H2,1-2H3;1H4;3*1H2. The van der Waals surface area contributed by atoms with E-state index in [1.54, 1.807) is 14.2 Å². The van der Waals surface area contributed by atoms with E-state index in [0.717, 1.165) is 0 Å². The van der Waals surface area contributed by atoms with Crippen molar-refractivity contribution in [1.29, 1.82) is 0 Å². The first-order valence-corrected chi connectivity index (χ1v) is 25.6. The van der Waals surface area contributed by atoms with Crippen LogP contribution in [0.25, 0.3) is 0 Å². The molecule has 0 aromatic rings. The van der Waals surface area contributed by atoms with Gasteiger partial charge in [0.15, 0.2) is 0 Å². The molecule has 0 atom stereocenters. The molecule has 27 heteroatoms. The summed E-state index contributed by atoms with van der Waals surface area (Å²) >= 11 is 0. The van der Waals surface area contributed by atoms with Crippen molar-refractivity contribution in [3.63, 3.8) is 0 Å². The maximum absolute atomic E-state index is 5.52. The van der Waals surface area contributed by atoms with Crippen LogP contribution in [0.2, 0.25) is 0 Å².